The molecule has 0 radical (unpaired) electrons. The predicted octanol–water partition coefficient (Wildman–Crippen LogP) is 9.04. The summed E-state index contributed by atoms with van der Waals surface area (Å²) in [6.07, 6.45) is 4.11. The summed E-state index contributed by atoms with van der Waals surface area (Å²) in [5.74, 6) is 0. The molecule has 0 saturated heterocycles. The molecule has 6 rings (SSSR count). The lowest BCUT2D eigenvalue weighted by molar-refractivity contribution is 1.18. The largest absolute Gasteiger partial charge is 0.398 e. The molecule has 0 aliphatic rings. The zero-order valence-corrected chi connectivity index (χ0v) is 20.6. The minimum absolute atomic E-state index is 0.804. The van der Waals surface area contributed by atoms with E-state index in [0.717, 1.165) is 39.2 Å². The van der Waals surface area contributed by atoms with E-state index in [1.54, 1.807) is 0 Å². The van der Waals surface area contributed by atoms with Crippen LogP contribution in [0.3, 0.4) is 0 Å². The fraction of sp³-hybridized carbons (Fsp3) is 0.0588. The Hall–Kier alpha value is -4.56. The van der Waals surface area contributed by atoms with Gasteiger partial charge in [0.15, 0.2) is 0 Å². The summed E-state index contributed by atoms with van der Waals surface area (Å²) in [4.78, 5) is 0. The van der Waals surface area contributed by atoms with Crippen LogP contribution >= 0.6 is 0 Å². The molecule has 0 spiro atoms. The highest BCUT2D eigenvalue weighted by molar-refractivity contribution is 6.10. The van der Waals surface area contributed by atoms with Gasteiger partial charge in [0.05, 0.1) is 11.0 Å². The fourth-order valence-corrected chi connectivity index (χ4v) is 5.23. The minimum Gasteiger partial charge on any atom is -0.398 e. The fourth-order valence-electron chi connectivity index (χ4n) is 5.23. The van der Waals surface area contributed by atoms with Crippen LogP contribution in [0.5, 0.6) is 0 Å². The molecule has 2 nitrogen and oxygen atoms in total. The van der Waals surface area contributed by atoms with Gasteiger partial charge in [0.2, 0.25) is 0 Å². The van der Waals surface area contributed by atoms with E-state index < -0.39 is 0 Å². The Morgan fingerprint density at radius 1 is 0.667 bits per heavy atom. The van der Waals surface area contributed by atoms with Gasteiger partial charge in [0.1, 0.15) is 0 Å². The zero-order chi connectivity index (χ0) is 24.6. The molecule has 6 aromatic rings. The van der Waals surface area contributed by atoms with Crippen LogP contribution in [0.2, 0.25) is 0 Å². The van der Waals surface area contributed by atoms with Crippen LogP contribution in [0.25, 0.3) is 55.8 Å². The van der Waals surface area contributed by atoms with E-state index in [2.05, 4.69) is 127 Å². The first-order valence-corrected chi connectivity index (χ1v) is 12.4. The number of para-hydroxylation sites is 2. The summed E-state index contributed by atoms with van der Waals surface area (Å²) in [6.45, 7) is 4.13. The van der Waals surface area contributed by atoms with E-state index in [-0.39, 0.29) is 0 Å². The molecule has 174 valence electrons. The molecule has 2 heteroatoms. The van der Waals surface area contributed by atoms with E-state index >= 15 is 0 Å². The first-order valence-electron chi connectivity index (χ1n) is 12.4. The van der Waals surface area contributed by atoms with Crippen LogP contribution in [0.1, 0.15) is 18.1 Å². The second-order valence-corrected chi connectivity index (χ2v) is 9.28. The summed E-state index contributed by atoms with van der Waals surface area (Å²) in [5, 5.41) is 2.50. The summed E-state index contributed by atoms with van der Waals surface area (Å²) in [7, 11) is 0. The highest BCUT2D eigenvalue weighted by atomic mass is 15.0. The molecule has 1 aromatic heterocycles. The molecule has 0 bridgehead atoms. The standard InChI is InChI=1S/C34H28N2/c1-3-9-25-18-20-28(33(34(25)35)24-16-14-23(2)15-17-24)26-19-21-30-29-12-7-8-13-31(29)36(32(30)22-26)27-10-5-4-6-11-27/h3-22H,35H2,1-2H3/b9-3-. The van der Waals surface area contributed by atoms with Crippen molar-refractivity contribution in [2.75, 3.05) is 5.73 Å². The van der Waals surface area contributed by atoms with Crippen molar-refractivity contribution in [1.82, 2.24) is 4.57 Å². The number of fused-ring (bicyclic) bond motifs is 3. The molecule has 0 aliphatic heterocycles. The number of nitrogens with two attached hydrogens (primary N) is 1. The highest BCUT2D eigenvalue weighted by Crippen LogP contribution is 2.41. The first-order chi connectivity index (χ1) is 17.7. The monoisotopic (exact) mass is 464 g/mol. The summed E-state index contributed by atoms with van der Waals surface area (Å²) >= 11 is 0. The highest BCUT2D eigenvalue weighted by Gasteiger charge is 2.17. The van der Waals surface area contributed by atoms with Crippen LogP contribution in [0.15, 0.2) is 115 Å². The zero-order valence-electron chi connectivity index (χ0n) is 20.6. The van der Waals surface area contributed by atoms with Crippen molar-refractivity contribution in [3.8, 4) is 27.9 Å². The predicted molar refractivity (Wildman–Crippen MR) is 156 cm³/mol. The lowest BCUT2D eigenvalue weighted by atomic mass is 9.90. The van der Waals surface area contributed by atoms with E-state index in [1.165, 1.54) is 27.4 Å². The van der Waals surface area contributed by atoms with Crippen LogP contribution in [0, 0.1) is 6.92 Å². The average molecular weight is 465 g/mol. The molecule has 0 atom stereocenters. The van der Waals surface area contributed by atoms with Crippen molar-refractivity contribution in [2.24, 2.45) is 0 Å². The maximum absolute atomic E-state index is 6.82. The summed E-state index contributed by atoms with van der Waals surface area (Å²) in [5.41, 5.74) is 17.9. The normalized spacial score (nSPS) is 11.6. The van der Waals surface area contributed by atoms with Gasteiger partial charge in [-0.15, -0.1) is 0 Å². The lowest BCUT2D eigenvalue weighted by Crippen LogP contribution is -1.98. The number of aryl methyl sites for hydroxylation is 1. The number of nitrogen functional groups attached to an aromatic ring is 1. The van der Waals surface area contributed by atoms with Crippen LogP contribution in [-0.4, -0.2) is 4.57 Å². The van der Waals surface area contributed by atoms with Gasteiger partial charge in [-0.3, -0.25) is 0 Å². The van der Waals surface area contributed by atoms with Crippen molar-refractivity contribution in [2.45, 2.75) is 13.8 Å². The molecule has 1 heterocycles. The Morgan fingerprint density at radius 3 is 2.14 bits per heavy atom. The van der Waals surface area contributed by atoms with Gasteiger partial charge in [0, 0.05) is 27.7 Å². The molecule has 0 amide bonds. The minimum atomic E-state index is 0.804. The van der Waals surface area contributed by atoms with E-state index in [4.69, 9.17) is 5.73 Å². The molecule has 5 aromatic carbocycles. The molecule has 0 aliphatic carbocycles. The summed E-state index contributed by atoms with van der Waals surface area (Å²) in [6, 6.07) is 39.0. The molecular formula is C34H28N2. The van der Waals surface area contributed by atoms with Gasteiger partial charge in [-0.1, -0.05) is 103 Å². The van der Waals surface area contributed by atoms with Gasteiger partial charge in [0.25, 0.3) is 0 Å². The third kappa shape index (κ3) is 3.59. The average Bonchev–Trinajstić information content (AvgIpc) is 3.24. The number of rotatable bonds is 4. The van der Waals surface area contributed by atoms with Crippen molar-refractivity contribution in [1.29, 1.82) is 0 Å². The van der Waals surface area contributed by atoms with Gasteiger partial charge < -0.3 is 10.3 Å². The van der Waals surface area contributed by atoms with Crippen LogP contribution in [0.4, 0.5) is 5.69 Å². The Kier molecular flexibility index (Phi) is 5.42. The maximum Gasteiger partial charge on any atom is 0.0547 e. The van der Waals surface area contributed by atoms with Gasteiger partial charge in [-0.25, -0.2) is 0 Å². The second kappa shape index (κ2) is 8.90. The number of aromatic nitrogens is 1. The first kappa shape index (κ1) is 21.9. The van der Waals surface area contributed by atoms with Crippen LogP contribution in [-0.2, 0) is 0 Å². The number of hydrogen-bond acceptors (Lipinski definition) is 1. The lowest BCUT2D eigenvalue weighted by Gasteiger charge is -2.16. The third-order valence-electron chi connectivity index (χ3n) is 6.96. The van der Waals surface area contributed by atoms with Crippen LogP contribution < -0.4 is 5.73 Å². The molecule has 0 saturated carbocycles. The van der Waals surface area contributed by atoms with Crippen molar-refractivity contribution in [3.05, 3.63) is 126 Å². The van der Waals surface area contributed by atoms with Gasteiger partial charge in [-0.05, 0) is 60.4 Å². The summed E-state index contributed by atoms with van der Waals surface area (Å²) < 4.78 is 2.36. The Balaban J connectivity index is 1.65. The molecule has 0 fully saturated rings. The quantitative estimate of drug-likeness (QED) is 0.259. The molecule has 0 unspecified atom stereocenters. The Bertz CT molecular complexity index is 1740. The van der Waals surface area contributed by atoms with E-state index in [1.807, 2.05) is 13.0 Å². The number of benzene rings is 5. The second-order valence-electron chi connectivity index (χ2n) is 9.28. The topological polar surface area (TPSA) is 30.9 Å². The third-order valence-corrected chi connectivity index (χ3v) is 6.96. The van der Waals surface area contributed by atoms with E-state index in [0.29, 0.717) is 0 Å². The molecule has 2 N–H and O–H groups in total. The van der Waals surface area contributed by atoms with Gasteiger partial charge in [-0.2, -0.15) is 0 Å². The molecular weight excluding hydrogens is 436 g/mol. The maximum atomic E-state index is 6.82. The number of nitrogens with zero attached hydrogens (tertiary/aromatic N) is 1. The van der Waals surface area contributed by atoms with Crippen molar-refractivity contribution in [3.63, 3.8) is 0 Å². The van der Waals surface area contributed by atoms with Crippen molar-refractivity contribution >= 4 is 33.6 Å². The number of anilines is 1. The van der Waals surface area contributed by atoms with Crippen molar-refractivity contribution < 1.29 is 0 Å². The number of hydrogen-bond donors (Lipinski definition) is 1. The Labute approximate surface area is 211 Å². The molecule has 36 heavy (non-hydrogen) atoms. The number of allylic oxidation sites excluding steroid dienone is 1. The van der Waals surface area contributed by atoms with E-state index in [9.17, 15) is 0 Å². The SMILES string of the molecule is C/C=C\c1ccc(-c2ccc3c4ccccc4n(-c4ccccc4)c3c2)c(-c2ccc(C)cc2)c1N. The van der Waals surface area contributed by atoms with Gasteiger partial charge >= 0.3 is 0 Å². The smallest absolute Gasteiger partial charge is 0.0547 e. The Morgan fingerprint density at radius 2 is 1.36 bits per heavy atom.